The van der Waals surface area contributed by atoms with Crippen LogP contribution in [-0.4, -0.2) is 55.5 Å². The van der Waals surface area contributed by atoms with Crippen molar-refractivity contribution in [2.75, 3.05) is 39.8 Å². The summed E-state index contributed by atoms with van der Waals surface area (Å²) in [6.07, 6.45) is 0. The molecule has 1 atom stereocenters. The summed E-state index contributed by atoms with van der Waals surface area (Å²) < 4.78 is 0. The third-order valence-corrected chi connectivity index (χ3v) is 3.92. The number of nitrogens with zero attached hydrogens (tertiary/aromatic N) is 2. The average Bonchev–Trinajstić information content (AvgIpc) is 2.41. The SMILES string of the molecule is C[C@@H](NC(=O)CN1CCN(C)CC1)c1cccc(Cl)c1. The fourth-order valence-electron chi connectivity index (χ4n) is 2.36. The van der Waals surface area contributed by atoms with Crippen LogP contribution < -0.4 is 5.32 Å². The van der Waals surface area contributed by atoms with Crippen LogP contribution >= 0.6 is 11.6 Å². The monoisotopic (exact) mass is 295 g/mol. The molecule has 110 valence electrons. The molecule has 1 fully saturated rings. The first kappa shape index (κ1) is 15.3. The highest BCUT2D eigenvalue weighted by molar-refractivity contribution is 6.30. The van der Waals surface area contributed by atoms with Gasteiger partial charge in [0, 0.05) is 31.2 Å². The van der Waals surface area contributed by atoms with E-state index in [9.17, 15) is 4.79 Å². The van der Waals surface area contributed by atoms with Crippen LogP contribution in [0.4, 0.5) is 0 Å². The molecule has 1 saturated heterocycles. The third-order valence-electron chi connectivity index (χ3n) is 3.69. The Morgan fingerprint density at radius 3 is 2.70 bits per heavy atom. The van der Waals surface area contributed by atoms with E-state index < -0.39 is 0 Å². The van der Waals surface area contributed by atoms with E-state index in [0.717, 1.165) is 31.7 Å². The van der Waals surface area contributed by atoms with Gasteiger partial charge >= 0.3 is 0 Å². The molecule has 20 heavy (non-hydrogen) atoms. The number of carbonyl (C=O) groups is 1. The smallest absolute Gasteiger partial charge is 0.234 e. The molecular weight excluding hydrogens is 274 g/mol. The van der Waals surface area contributed by atoms with E-state index in [2.05, 4.69) is 22.2 Å². The molecule has 0 radical (unpaired) electrons. The van der Waals surface area contributed by atoms with Crippen molar-refractivity contribution in [1.82, 2.24) is 15.1 Å². The minimum atomic E-state index is -0.0198. The highest BCUT2D eigenvalue weighted by Gasteiger charge is 2.17. The van der Waals surface area contributed by atoms with Crippen LogP contribution in [0.2, 0.25) is 5.02 Å². The number of carbonyl (C=O) groups excluding carboxylic acids is 1. The fourth-order valence-corrected chi connectivity index (χ4v) is 2.55. The second-order valence-electron chi connectivity index (χ2n) is 5.42. The van der Waals surface area contributed by atoms with Crippen LogP contribution in [0, 0.1) is 0 Å². The number of amides is 1. The number of likely N-dealkylation sites (N-methyl/N-ethyl adjacent to an activating group) is 1. The van der Waals surface area contributed by atoms with E-state index in [0.29, 0.717) is 11.6 Å². The summed E-state index contributed by atoms with van der Waals surface area (Å²) in [4.78, 5) is 16.5. The van der Waals surface area contributed by atoms with Gasteiger partial charge in [0.05, 0.1) is 12.6 Å². The number of halogens is 1. The number of hydrogen-bond donors (Lipinski definition) is 1. The van der Waals surface area contributed by atoms with Gasteiger partial charge in [-0.3, -0.25) is 9.69 Å². The van der Waals surface area contributed by atoms with Crippen LogP contribution in [-0.2, 0) is 4.79 Å². The zero-order valence-electron chi connectivity index (χ0n) is 12.1. The lowest BCUT2D eigenvalue weighted by molar-refractivity contribution is -0.123. The molecule has 4 nitrogen and oxygen atoms in total. The zero-order chi connectivity index (χ0) is 14.5. The second kappa shape index (κ2) is 7.07. The number of hydrogen-bond acceptors (Lipinski definition) is 3. The van der Waals surface area contributed by atoms with Crippen LogP contribution in [0.15, 0.2) is 24.3 Å². The molecule has 2 rings (SSSR count). The lowest BCUT2D eigenvalue weighted by Crippen LogP contribution is -2.48. The normalized spacial score (nSPS) is 18.8. The predicted molar refractivity (Wildman–Crippen MR) is 81.9 cm³/mol. The molecule has 0 unspecified atom stereocenters. The van der Waals surface area contributed by atoms with Gasteiger partial charge in [0.25, 0.3) is 0 Å². The summed E-state index contributed by atoms with van der Waals surface area (Å²) in [5.74, 6) is 0.0713. The standard InChI is InChI=1S/C15H22ClN3O/c1-12(13-4-3-5-14(16)10-13)17-15(20)11-19-8-6-18(2)7-9-19/h3-5,10,12H,6-9,11H2,1-2H3,(H,17,20)/t12-/m1/s1. The van der Waals surface area contributed by atoms with E-state index in [1.807, 2.05) is 31.2 Å². The van der Waals surface area contributed by atoms with Gasteiger partial charge in [0.2, 0.25) is 5.91 Å². The number of rotatable bonds is 4. The van der Waals surface area contributed by atoms with Crippen LogP contribution in [0.5, 0.6) is 0 Å². The van der Waals surface area contributed by atoms with Crippen LogP contribution in [0.25, 0.3) is 0 Å². The van der Waals surface area contributed by atoms with Crippen molar-refractivity contribution in [2.45, 2.75) is 13.0 Å². The maximum Gasteiger partial charge on any atom is 0.234 e. The van der Waals surface area contributed by atoms with E-state index in [1.54, 1.807) is 0 Å². The van der Waals surface area contributed by atoms with Crippen molar-refractivity contribution >= 4 is 17.5 Å². The summed E-state index contributed by atoms with van der Waals surface area (Å²) in [6.45, 7) is 6.41. The minimum Gasteiger partial charge on any atom is -0.348 e. The summed E-state index contributed by atoms with van der Waals surface area (Å²) in [5.41, 5.74) is 1.03. The molecule has 5 heteroatoms. The van der Waals surface area contributed by atoms with E-state index in [-0.39, 0.29) is 11.9 Å². The van der Waals surface area contributed by atoms with Gasteiger partial charge in [0.1, 0.15) is 0 Å². The quantitative estimate of drug-likeness (QED) is 0.919. The fraction of sp³-hybridized carbons (Fsp3) is 0.533. The lowest BCUT2D eigenvalue weighted by atomic mass is 10.1. The first-order chi connectivity index (χ1) is 9.54. The van der Waals surface area contributed by atoms with Crippen molar-refractivity contribution in [3.8, 4) is 0 Å². The van der Waals surface area contributed by atoms with Gasteiger partial charge in [-0.25, -0.2) is 0 Å². The highest BCUT2D eigenvalue weighted by Crippen LogP contribution is 2.17. The van der Waals surface area contributed by atoms with Gasteiger partial charge in [-0.15, -0.1) is 0 Å². The number of benzene rings is 1. The Morgan fingerprint density at radius 2 is 2.05 bits per heavy atom. The molecule has 0 bridgehead atoms. The minimum absolute atomic E-state index is 0.0198. The molecule has 1 N–H and O–H groups in total. The molecule has 0 saturated carbocycles. The van der Waals surface area contributed by atoms with E-state index >= 15 is 0 Å². The Bertz CT molecular complexity index is 458. The average molecular weight is 296 g/mol. The number of piperazine rings is 1. The molecule has 1 aliphatic heterocycles. The third kappa shape index (κ3) is 4.47. The summed E-state index contributed by atoms with van der Waals surface area (Å²) >= 11 is 5.97. The maximum atomic E-state index is 12.1. The molecule has 1 aromatic rings. The van der Waals surface area contributed by atoms with Gasteiger partial charge in [-0.1, -0.05) is 23.7 Å². The lowest BCUT2D eigenvalue weighted by Gasteiger charge is -2.32. The molecule has 1 amide bonds. The Morgan fingerprint density at radius 1 is 1.35 bits per heavy atom. The zero-order valence-corrected chi connectivity index (χ0v) is 12.9. The topological polar surface area (TPSA) is 35.6 Å². The Kier molecular flexibility index (Phi) is 5.40. The van der Waals surface area contributed by atoms with Gasteiger partial charge in [-0.2, -0.15) is 0 Å². The Hall–Kier alpha value is -1.10. The summed E-state index contributed by atoms with van der Waals surface area (Å²) in [7, 11) is 2.11. The highest BCUT2D eigenvalue weighted by atomic mass is 35.5. The molecule has 1 aliphatic rings. The van der Waals surface area contributed by atoms with Crippen LogP contribution in [0.1, 0.15) is 18.5 Å². The molecule has 1 aromatic carbocycles. The van der Waals surface area contributed by atoms with Crippen molar-refractivity contribution in [3.63, 3.8) is 0 Å². The summed E-state index contributed by atoms with van der Waals surface area (Å²) in [6, 6.07) is 7.59. The van der Waals surface area contributed by atoms with E-state index in [4.69, 9.17) is 11.6 Å². The van der Waals surface area contributed by atoms with Gasteiger partial charge in [0.15, 0.2) is 0 Å². The van der Waals surface area contributed by atoms with Gasteiger partial charge in [-0.05, 0) is 31.7 Å². The number of nitrogens with one attached hydrogen (secondary N) is 1. The summed E-state index contributed by atoms with van der Waals surface area (Å²) in [5, 5.41) is 3.73. The first-order valence-electron chi connectivity index (χ1n) is 7.00. The van der Waals surface area contributed by atoms with Gasteiger partial charge < -0.3 is 10.2 Å². The first-order valence-corrected chi connectivity index (χ1v) is 7.38. The Labute approximate surface area is 125 Å². The molecule has 0 aliphatic carbocycles. The van der Waals surface area contributed by atoms with Crippen molar-refractivity contribution in [3.05, 3.63) is 34.9 Å². The Balaban J connectivity index is 1.82. The van der Waals surface area contributed by atoms with E-state index in [1.165, 1.54) is 0 Å². The van der Waals surface area contributed by atoms with Crippen molar-refractivity contribution < 1.29 is 4.79 Å². The molecule has 1 heterocycles. The second-order valence-corrected chi connectivity index (χ2v) is 5.86. The largest absolute Gasteiger partial charge is 0.348 e. The van der Waals surface area contributed by atoms with Crippen molar-refractivity contribution in [1.29, 1.82) is 0 Å². The molecule has 0 aromatic heterocycles. The maximum absolute atomic E-state index is 12.1. The molecule has 0 spiro atoms. The van der Waals surface area contributed by atoms with Crippen LogP contribution in [0.3, 0.4) is 0 Å². The van der Waals surface area contributed by atoms with Crippen molar-refractivity contribution in [2.24, 2.45) is 0 Å². The molecular formula is C15H22ClN3O. The predicted octanol–water partition coefficient (Wildman–Crippen LogP) is 1.76.